The fourth-order valence-corrected chi connectivity index (χ4v) is 3.14. The lowest BCUT2D eigenvalue weighted by Gasteiger charge is -2.18. The molecule has 0 amide bonds. The van der Waals surface area contributed by atoms with E-state index in [0.717, 1.165) is 41.3 Å². The molecule has 1 unspecified atom stereocenters. The van der Waals surface area contributed by atoms with Gasteiger partial charge in [-0.2, -0.15) is 5.10 Å². The third kappa shape index (κ3) is 2.24. The molecule has 0 bridgehead atoms. The maximum atomic E-state index is 11.2. The highest BCUT2D eigenvalue weighted by Gasteiger charge is 2.29. The highest BCUT2D eigenvalue weighted by molar-refractivity contribution is 5.71. The molecule has 1 N–H and O–H groups in total. The minimum absolute atomic E-state index is 0.306. The van der Waals surface area contributed by atoms with Crippen molar-refractivity contribution in [1.82, 2.24) is 19.3 Å². The SMILES string of the molecule is CCc1nn(C)cc1-c1nc2c(n1C)CCC(C(=O)O)C2. The number of aryl methyl sites for hydroxylation is 2. The zero-order valence-corrected chi connectivity index (χ0v) is 12.6. The van der Waals surface area contributed by atoms with E-state index < -0.39 is 5.97 Å². The smallest absolute Gasteiger partial charge is 0.306 e. The summed E-state index contributed by atoms with van der Waals surface area (Å²) in [4.78, 5) is 15.9. The molecule has 6 nitrogen and oxygen atoms in total. The van der Waals surface area contributed by atoms with Crippen molar-refractivity contribution in [2.75, 3.05) is 0 Å². The second-order valence-electron chi connectivity index (χ2n) is 5.68. The fourth-order valence-electron chi connectivity index (χ4n) is 3.14. The normalized spacial score (nSPS) is 17.8. The Morgan fingerprint density at radius 1 is 1.48 bits per heavy atom. The first-order valence-electron chi connectivity index (χ1n) is 7.31. The predicted molar refractivity (Wildman–Crippen MR) is 77.9 cm³/mol. The molecule has 0 fully saturated rings. The maximum Gasteiger partial charge on any atom is 0.306 e. The van der Waals surface area contributed by atoms with E-state index in [2.05, 4.69) is 16.6 Å². The van der Waals surface area contributed by atoms with Gasteiger partial charge in [-0.25, -0.2) is 4.98 Å². The van der Waals surface area contributed by atoms with Crippen LogP contribution in [0, 0.1) is 5.92 Å². The summed E-state index contributed by atoms with van der Waals surface area (Å²) in [5.41, 5.74) is 4.16. The lowest BCUT2D eigenvalue weighted by atomic mass is 9.90. The number of fused-ring (bicyclic) bond motifs is 1. The van der Waals surface area contributed by atoms with E-state index in [1.54, 1.807) is 0 Å². The zero-order chi connectivity index (χ0) is 15.1. The molecule has 1 aliphatic rings. The number of carboxylic acid groups (broad SMARTS) is 1. The average Bonchev–Trinajstić information content (AvgIpc) is 2.98. The van der Waals surface area contributed by atoms with Gasteiger partial charge < -0.3 is 9.67 Å². The number of nitrogens with zero attached hydrogens (tertiary/aromatic N) is 4. The molecule has 6 heteroatoms. The number of hydrogen-bond donors (Lipinski definition) is 1. The van der Waals surface area contributed by atoms with Crippen LogP contribution in [0.15, 0.2) is 6.20 Å². The van der Waals surface area contributed by atoms with Crippen molar-refractivity contribution < 1.29 is 9.90 Å². The van der Waals surface area contributed by atoms with Gasteiger partial charge >= 0.3 is 5.97 Å². The number of hydrogen-bond acceptors (Lipinski definition) is 3. The van der Waals surface area contributed by atoms with Gasteiger partial charge in [-0.05, 0) is 19.3 Å². The van der Waals surface area contributed by atoms with E-state index in [-0.39, 0.29) is 5.92 Å². The highest BCUT2D eigenvalue weighted by Crippen LogP contribution is 2.30. The van der Waals surface area contributed by atoms with Crippen LogP contribution in [0.2, 0.25) is 0 Å². The number of rotatable bonds is 3. The molecule has 3 rings (SSSR count). The minimum atomic E-state index is -0.719. The van der Waals surface area contributed by atoms with Crippen LogP contribution in [0.25, 0.3) is 11.4 Å². The van der Waals surface area contributed by atoms with Gasteiger partial charge in [0, 0.05) is 32.4 Å². The number of aromatic nitrogens is 4. The van der Waals surface area contributed by atoms with Crippen molar-refractivity contribution >= 4 is 5.97 Å². The summed E-state index contributed by atoms with van der Waals surface area (Å²) in [5, 5.41) is 13.7. The number of carbonyl (C=O) groups is 1. The first-order valence-corrected chi connectivity index (χ1v) is 7.31. The van der Waals surface area contributed by atoms with E-state index in [9.17, 15) is 9.90 Å². The number of aliphatic carboxylic acids is 1. The van der Waals surface area contributed by atoms with Gasteiger partial charge in [0.1, 0.15) is 5.82 Å². The quantitative estimate of drug-likeness (QED) is 0.930. The van der Waals surface area contributed by atoms with E-state index in [0.29, 0.717) is 12.8 Å². The number of imidazole rings is 1. The van der Waals surface area contributed by atoms with Gasteiger partial charge in [-0.3, -0.25) is 9.48 Å². The lowest BCUT2D eigenvalue weighted by Crippen LogP contribution is -2.22. The van der Waals surface area contributed by atoms with Gasteiger partial charge in [-0.15, -0.1) is 0 Å². The monoisotopic (exact) mass is 288 g/mol. The van der Waals surface area contributed by atoms with Crippen molar-refractivity contribution in [3.63, 3.8) is 0 Å². The molecule has 1 atom stereocenters. The van der Waals surface area contributed by atoms with Gasteiger partial charge in [-0.1, -0.05) is 6.92 Å². The summed E-state index contributed by atoms with van der Waals surface area (Å²) >= 11 is 0. The molecule has 2 aromatic heterocycles. The van der Waals surface area contributed by atoms with Crippen LogP contribution in [-0.2, 0) is 38.2 Å². The average molecular weight is 288 g/mol. The van der Waals surface area contributed by atoms with Gasteiger partial charge in [0.2, 0.25) is 0 Å². The largest absolute Gasteiger partial charge is 0.481 e. The maximum absolute atomic E-state index is 11.2. The third-order valence-electron chi connectivity index (χ3n) is 4.30. The minimum Gasteiger partial charge on any atom is -0.481 e. The molecule has 0 spiro atoms. The van der Waals surface area contributed by atoms with Gasteiger partial charge in [0.25, 0.3) is 0 Å². The van der Waals surface area contributed by atoms with Crippen LogP contribution in [0.4, 0.5) is 0 Å². The Morgan fingerprint density at radius 3 is 2.90 bits per heavy atom. The van der Waals surface area contributed by atoms with Crippen LogP contribution in [0.3, 0.4) is 0 Å². The molecular weight excluding hydrogens is 268 g/mol. The summed E-state index contributed by atoms with van der Waals surface area (Å²) in [7, 11) is 3.92. The summed E-state index contributed by atoms with van der Waals surface area (Å²) in [5.74, 6) is -0.126. The highest BCUT2D eigenvalue weighted by atomic mass is 16.4. The molecule has 21 heavy (non-hydrogen) atoms. The zero-order valence-electron chi connectivity index (χ0n) is 12.6. The summed E-state index contributed by atoms with van der Waals surface area (Å²) in [6.45, 7) is 2.08. The van der Waals surface area contributed by atoms with Crippen molar-refractivity contribution in [2.24, 2.45) is 20.0 Å². The Balaban J connectivity index is 2.04. The summed E-state index contributed by atoms with van der Waals surface area (Å²) in [6.07, 6.45) is 4.83. The van der Waals surface area contributed by atoms with E-state index in [1.807, 2.05) is 25.0 Å². The molecule has 112 valence electrons. The van der Waals surface area contributed by atoms with E-state index in [4.69, 9.17) is 4.98 Å². The molecule has 0 aromatic carbocycles. The molecule has 0 radical (unpaired) electrons. The summed E-state index contributed by atoms with van der Waals surface area (Å²) < 4.78 is 3.91. The second kappa shape index (κ2) is 5.02. The summed E-state index contributed by atoms with van der Waals surface area (Å²) in [6, 6.07) is 0. The Hall–Kier alpha value is -2.11. The molecule has 2 aromatic rings. The molecular formula is C15H20N4O2. The molecule has 0 saturated heterocycles. The molecule has 1 aliphatic carbocycles. The second-order valence-corrected chi connectivity index (χ2v) is 5.68. The molecule has 0 aliphatic heterocycles. The van der Waals surface area contributed by atoms with Crippen molar-refractivity contribution in [3.8, 4) is 11.4 Å². The van der Waals surface area contributed by atoms with Crippen molar-refractivity contribution in [3.05, 3.63) is 23.3 Å². The topological polar surface area (TPSA) is 72.9 Å². The van der Waals surface area contributed by atoms with Gasteiger partial charge in [0.15, 0.2) is 0 Å². The predicted octanol–water partition coefficient (Wildman–Crippen LogP) is 1.57. The Morgan fingerprint density at radius 2 is 2.24 bits per heavy atom. The Bertz CT molecular complexity index is 699. The Labute approximate surface area is 123 Å². The van der Waals surface area contributed by atoms with Crippen molar-refractivity contribution in [2.45, 2.75) is 32.6 Å². The standard InChI is InChI=1S/C15H20N4O2/c1-4-11-10(8-18(2)17-11)14-16-12-7-9(15(20)21)5-6-13(12)19(14)3/h8-9H,4-7H2,1-3H3,(H,20,21). The molecule has 2 heterocycles. The first kappa shape index (κ1) is 13.9. The van der Waals surface area contributed by atoms with Crippen LogP contribution in [-0.4, -0.2) is 30.4 Å². The lowest BCUT2D eigenvalue weighted by molar-refractivity contribution is -0.142. The van der Waals surface area contributed by atoms with Crippen LogP contribution in [0.1, 0.15) is 30.4 Å². The number of carboxylic acids is 1. The third-order valence-corrected chi connectivity index (χ3v) is 4.30. The Kier molecular flexibility index (Phi) is 3.31. The first-order chi connectivity index (χ1) is 10.0. The van der Waals surface area contributed by atoms with E-state index >= 15 is 0 Å². The van der Waals surface area contributed by atoms with Gasteiger partial charge in [0.05, 0.1) is 22.9 Å². The van der Waals surface area contributed by atoms with Crippen LogP contribution < -0.4 is 0 Å². The van der Waals surface area contributed by atoms with Crippen LogP contribution >= 0.6 is 0 Å². The molecule has 0 saturated carbocycles. The van der Waals surface area contributed by atoms with Crippen LogP contribution in [0.5, 0.6) is 0 Å². The fraction of sp³-hybridized carbons (Fsp3) is 0.533. The van der Waals surface area contributed by atoms with E-state index in [1.165, 1.54) is 0 Å². The van der Waals surface area contributed by atoms with Crippen molar-refractivity contribution in [1.29, 1.82) is 0 Å².